The van der Waals surface area contributed by atoms with Gasteiger partial charge in [0.05, 0.1) is 7.11 Å². The zero-order valence-corrected chi connectivity index (χ0v) is 17.8. The first-order chi connectivity index (χ1) is 14.9. The van der Waals surface area contributed by atoms with Gasteiger partial charge < -0.3 is 16.0 Å². The number of hydroxylamine groups is 2. The molecule has 3 N–H and O–H groups in total. The van der Waals surface area contributed by atoms with Crippen molar-refractivity contribution in [1.82, 2.24) is 26.0 Å². The highest BCUT2D eigenvalue weighted by atomic mass is 16.7. The molecule has 2 aliphatic rings. The Morgan fingerprint density at radius 3 is 2.55 bits per heavy atom. The van der Waals surface area contributed by atoms with Crippen LogP contribution >= 0.6 is 0 Å². The molecule has 1 saturated carbocycles. The van der Waals surface area contributed by atoms with E-state index >= 15 is 0 Å². The van der Waals surface area contributed by atoms with Gasteiger partial charge in [0.15, 0.2) is 0 Å². The third-order valence-corrected chi connectivity index (χ3v) is 5.67. The zero-order chi connectivity index (χ0) is 22.4. The van der Waals surface area contributed by atoms with E-state index in [1.807, 2.05) is 0 Å². The van der Waals surface area contributed by atoms with Crippen LogP contribution in [-0.2, 0) is 19.2 Å². The number of nitrogens with zero attached hydrogens (tertiary/aromatic N) is 2. The number of carbonyl (C=O) groups is 4. The number of likely N-dealkylation sites (N-methyl/N-ethyl adjacent to an activating group) is 1. The molecular weight excluding hydrogens is 402 g/mol. The predicted octanol–water partition coefficient (Wildman–Crippen LogP) is 0.0109. The highest BCUT2D eigenvalue weighted by Crippen LogP contribution is 2.33. The van der Waals surface area contributed by atoms with Crippen molar-refractivity contribution in [3.05, 3.63) is 30.1 Å². The molecular formula is C21H29N5O5. The van der Waals surface area contributed by atoms with Gasteiger partial charge in [-0.2, -0.15) is 0 Å². The van der Waals surface area contributed by atoms with Crippen molar-refractivity contribution in [2.75, 3.05) is 20.7 Å². The Labute approximate surface area is 181 Å². The third kappa shape index (κ3) is 6.24. The molecule has 1 aromatic rings. The minimum atomic E-state index is -0.945. The van der Waals surface area contributed by atoms with Gasteiger partial charge in [-0.25, -0.2) is 5.06 Å². The van der Waals surface area contributed by atoms with Gasteiger partial charge in [-0.3, -0.25) is 29.0 Å². The Bertz CT molecular complexity index is 814. The molecule has 0 unspecified atom stereocenters. The molecule has 1 aliphatic carbocycles. The fourth-order valence-corrected chi connectivity index (χ4v) is 3.61. The Morgan fingerprint density at radius 2 is 1.97 bits per heavy atom. The number of rotatable bonds is 10. The average Bonchev–Trinajstić information content (AvgIpc) is 3.51. The van der Waals surface area contributed by atoms with E-state index in [0.717, 1.165) is 17.9 Å². The lowest BCUT2D eigenvalue weighted by molar-refractivity contribution is -0.172. The van der Waals surface area contributed by atoms with E-state index in [-0.39, 0.29) is 23.9 Å². The first-order valence-electron chi connectivity index (χ1n) is 10.5. The summed E-state index contributed by atoms with van der Waals surface area (Å²) in [6, 6.07) is 3.22. The second-order valence-corrected chi connectivity index (χ2v) is 8.01. The minimum absolute atomic E-state index is 0.134. The maximum absolute atomic E-state index is 13.1. The van der Waals surface area contributed by atoms with Crippen molar-refractivity contribution in [3.63, 3.8) is 0 Å². The molecule has 0 bridgehead atoms. The molecule has 1 saturated heterocycles. The molecule has 3 rings (SSSR count). The van der Waals surface area contributed by atoms with Gasteiger partial charge >= 0.3 is 0 Å². The summed E-state index contributed by atoms with van der Waals surface area (Å²) in [5.74, 6) is -1.52. The van der Waals surface area contributed by atoms with Crippen molar-refractivity contribution < 1.29 is 24.0 Å². The second kappa shape index (κ2) is 10.3. The lowest BCUT2D eigenvalue weighted by Crippen LogP contribution is -2.54. The summed E-state index contributed by atoms with van der Waals surface area (Å²) in [7, 11) is 2.79. The Morgan fingerprint density at radius 1 is 1.19 bits per heavy atom. The van der Waals surface area contributed by atoms with Crippen LogP contribution in [0.4, 0.5) is 0 Å². The third-order valence-electron chi connectivity index (χ3n) is 5.67. The summed E-state index contributed by atoms with van der Waals surface area (Å²) >= 11 is 0. The van der Waals surface area contributed by atoms with Crippen LogP contribution in [0.3, 0.4) is 0 Å². The Balaban J connectivity index is 1.71. The number of carbonyl (C=O) groups excluding carboxylic acids is 4. The van der Waals surface area contributed by atoms with Crippen LogP contribution in [-0.4, -0.2) is 66.5 Å². The van der Waals surface area contributed by atoms with Crippen molar-refractivity contribution in [1.29, 1.82) is 0 Å². The monoisotopic (exact) mass is 431 g/mol. The second-order valence-electron chi connectivity index (χ2n) is 8.01. The Kier molecular flexibility index (Phi) is 7.56. The van der Waals surface area contributed by atoms with Crippen LogP contribution in [0.5, 0.6) is 0 Å². The number of amides is 4. The van der Waals surface area contributed by atoms with Crippen LogP contribution in [0.2, 0.25) is 0 Å². The van der Waals surface area contributed by atoms with Crippen molar-refractivity contribution in [2.24, 2.45) is 11.8 Å². The van der Waals surface area contributed by atoms with Crippen molar-refractivity contribution in [3.8, 4) is 0 Å². The van der Waals surface area contributed by atoms with Gasteiger partial charge in [0, 0.05) is 25.7 Å². The molecule has 31 heavy (non-hydrogen) atoms. The summed E-state index contributed by atoms with van der Waals surface area (Å²) in [5.41, 5.74) is 0.213. The van der Waals surface area contributed by atoms with Gasteiger partial charge in [-0.15, -0.1) is 0 Å². The highest BCUT2D eigenvalue weighted by Gasteiger charge is 2.36. The summed E-state index contributed by atoms with van der Waals surface area (Å²) in [4.78, 5) is 59.4. The van der Waals surface area contributed by atoms with Crippen LogP contribution in [0, 0.1) is 11.8 Å². The lowest BCUT2D eigenvalue weighted by Gasteiger charge is -2.26. The van der Waals surface area contributed by atoms with E-state index < -0.39 is 29.8 Å². The fraction of sp³-hybridized carbons (Fsp3) is 0.571. The largest absolute Gasteiger partial charge is 0.356 e. The van der Waals surface area contributed by atoms with Gasteiger partial charge in [0.2, 0.25) is 11.8 Å². The van der Waals surface area contributed by atoms with E-state index in [4.69, 9.17) is 4.84 Å². The van der Waals surface area contributed by atoms with Crippen LogP contribution in [0.25, 0.3) is 0 Å². The molecule has 168 valence electrons. The maximum Gasteiger partial charge on any atom is 0.270 e. The number of hydrogen-bond acceptors (Lipinski definition) is 6. The van der Waals surface area contributed by atoms with E-state index in [0.29, 0.717) is 25.3 Å². The fourth-order valence-electron chi connectivity index (χ4n) is 3.61. The summed E-state index contributed by atoms with van der Waals surface area (Å²) in [6.45, 7) is 0.545. The lowest BCUT2D eigenvalue weighted by atomic mass is 9.97. The number of nitrogens with one attached hydrogen (secondary N) is 3. The smallest absolute Gasteiger partial charge is 0.270 e. The van der Waals surface area contributed by atoms with Crippen LogP contribution in [0.1, 0.15) is 42.6 Å². The minimum Gasteiger partial charge on any atom is -0.356 e. The van der Waals surface area contributed by atoms with E-state index in [1.165, 1.54) is 20.4 Å². The van der Waals surface area contributed by atoms with Crippen molar-refractivity contribution >= 4 is 23.6 Å². The first kappa shape index (κ1) is 22.7. The normalized spacial score (nSPS) is 19.8. The van der Waals surface area contributed by atoms with Crippen LogP contribution in [0.15, 0.2) is 24.4 Å². The molecule has 10 nitrogen and oxygen atoms in total. The standard InChI is InChI=1S/C21H29N5O5/c1-26(31-2)21(30)17(12-14-8-10-23-18(14)27)25-20(29)16(11-13-6-7-13)24-19(28)15-5-3-4-9-22-15/h3-5,9,13-14,16-17H,6-8,10-12H2,1-2H3,(H,23,27)(H,24,28)(H,25,29)/t14-,16-,17-/m0/s1. The summed E-state index contributed by atoms with van der Waals surface area (Å²) in [5, 5.41) is 9.26. The maximum atomic E-state index is 13.1. The topological polar surface area (TPSA) is 130 Å². The number of aromatic nitrogens is 1. The van der Waals surface area contributed by atoms with Crippen LogP contribution < -0.4 is 16.0 Å². The van der Waals surface area contributed by atoms with E-state index in [1.54, 1.807) is 18.2 Å². The molecule has 1 aliphatic heterocycles. The van der Waals surface area contributed by atoms with Crippen molar-refractivity contribution in [2.45, 2.75) is 44.2 Å². The molecule has 0 radical (unpaired) electrons. The predicted molar refractivity (Wildman–Crippen MR) is 110 cm³/mol. The van der Waals surface area contributed by atoms with Gasteiger partial charge in [-0.1, -0.05) is 18.9 Å². The quantitative estimate of drug-likeness (QED) is 0.448. The number of pyridine rings is 1. The molecule has 3 atom stereocenters. The molecule has 0 aromatic carbocycles. The van der Waals surface area contributed by atoms with E-state index in [9.17, 15) is 19.2 Å². The Hall–Kier alpha value is -3.01. The molecule has 4 amide bonds. The van der Waals surface area contributed by atoms with Gasteiger partial charge in [0.25, 0.3) is 11.8 Å². The van der Waals surface area contributed by atoms with Gasteiger partial charge in [0.1, 0.15) is 17.8 Å². The summed E-state index contributed by atoms with van der Waals surface area (Å²) < 4.78 is 0. The highest BCUT2D eigenvalue weighted by molar-refractivity contribution is 5.97. The van der Waals surface area contributed by atoms with Gasteiger partial charge in [-0.05, 0) is 37.3 Å². The SMILES string of the molecule is CON(C)C(=O)[C@H](C[C@@H]1CCNC1=O)NC(=O)[C@H](CC1CC1)NC(=O)c1ccccn1. The molecule has 2 fully saturated rings. The zero-order valence-electron chi connectivity index (χ0n) is 17.8. The number of hydrogen-bond donors (Lipinski definition) is 3. The van der Waals surface area contributed by atoms with E-state index in [2.05, 4.69) is 20.9 Å². The average molecular weight is 431 g/mol. The molecule has 1 aromatic heterocycles. The molecule has 2 heterocycles. The molecule has 10 heteroatoms. The summed E-state index contributed by atoms with van der Waals surface area (Å²) in [6.07, 6.45) is 4.74. The first-order valence-corrected chi connectivity index (χ1v) is 10.5. The molecule has 0 spiro atoms.